The molecule has 0 saturated heterocycles. The van der Waals surface area contributed by atoms with Gasteiger partial charge in [0.1, 0.15) is 10.6 Å². The van der Waals surface area contributed by atoms with Crippen LogP contribution in [0.25, 0.3) is 0 Å². The number of primary amides is 1. The molecule has 0 radical (unpaired) electrons. The highest BCUT2D eigenvalue weighted by molar-refractivity contribution is 7.11. The number of hydrogen-bond acceptors (Lipinski definition) is 6. The number of aliphatic hydroxyl groups excluding tert-OH is 1. The van der Waals surface area contributed by atoms with Gasteiger partial charge in [-0.1, -0.05) is 6.42 Å². The lowest BCUT2D eigenvalue weighted by molar-refractivity contribution is 0.100. The molecule has 18 heavy (non-hydrogen) atoms. The van der Waals surface area contributed by atoms with Gasteiger partial charge in [0.05, 0.1) is 0 Å². The fraction of sp³-hybridized carbons (Fsp3) is 0.636. The second kappa shape index (κ2) is 5.53. The van der Waals surface area contributed by atoms with Gasteiger partial charge >= 0.3 is 0 Å². The summed E-state index contributed by atoms with van der Waals surface area (Å²) in [6.07, 6.45) is 3.31. The van der Waals surface area contributed by atoms with Crippen molar-refractivity contribution in [1.29, 1.82) is 0 Å². The van der Waals surface area contributed by atoms with E-state index in [1.807, 2.05) is 0 Å². The smallest absolute Gasteiger partial charge is 0.255 e. The van der Waals surface area contributed by atoms with Crippen molar-refractivity contribution in [1.82, 2.24) is 4.37 Å². The number of anilines is 2. The fourth-order valence-corrected chi connectivity index (χ4v) is 3.23. The molecule has 100 valence electrons. The Labute approximate surface area is 110 Å². The molecule has 6 nitrogen and oxygen atoms in total. The molecule has 0 aliphatic heterocycles. The van der Waals surface area contributed by atoms with Crippen LogP contribution in [0.4, 0.5) is 10.8 Å². The van der Waals surface area contributed by atoms with Crippen LogP contribution in [0, 0.1) is 11.8 Å². The lowest BCUT2D eigenvalue weighted by atomic mass is 9.97. The summed E-state index contributed by atoms with van der Waals surface area (Å²) in [5.41, 5.74) is 11.1. The number of aromatic nitrogens is 1. The largest absolute Gasteiger partial charge is 0.396 e. The highest BCUT2D eigenvalue weighted by atomic mass is 32.1. The third-order valence-electron chi connectivity index (χ3n) is 3.54. The average Bonchev–Trinajstić information content (AvgIpc) is 2.92. The fourth-order valence-electron chi connectivity index (χ4n) is 2.51. The van der Waals surface area contributed by atoms with E-state index in [2.05, 4.69) is 9.69 Å². The Hall–Kier alpha value is -1.34. The van der Waals surface area contributed by atoms with Gasteiger partial charge in [0, 0.05) is 13.2 Å². The molecule has 2 unspecified atom stereocenters. The van der Waals surface area contributed by atoms with Crippen LogP contribution in [-0.4, -0.2) is 28.5 Å². The molecular weight excluding hydrogens is 252 g/mol. The number of rotatable bonds is 5. The minimum atomic E-state index is -0.561. The summed E-state index contributed by atoms with van der Waals surface area (Å²) in [6, 6.07) is 0. The lowest BCUT2D eigenvalue weighted by Crippen LogP contribution is -2.22. The number of nitrogens with one attached hydrogen (secondary N) is 1. The molecule has 1 aromatic rings. The molecule has 1 aliphatic carbocycles. The molecule has 0 aromatic carbocycles. The van der Waals surface area contributed by atoms with Crippen molar-refractivity contribution in [2.75, 3.05) is 24.2 Å². The number of nitrogens with zero attached hydrogens (tertiary/aromatic N) is 1. The Kier molecular flexibility index (Phi) is 4.03. The quantitative estimate of drug-likeness (QED) is 0.627. The van der Waals surface area contributed by atoms with Crippen LogP contribution < -0.4 is 16.8 Å². The molecule has 1 heterocycles. The van der Waals surface area contributed by atoms with Crippen molar-refractivity contribution in [3.05, 3.63) is 5.56 Å². The first kappa shape index (κ1) is 13.1. The normalized spacial score (nSPS) is 23.2. The molecule has 2 rings (SSSR count). The van der Waals surface area contributed by atoms with Crippen LogP contribution in [0.1, 0.15) is 29.6 Å². The Morgan fingerprint density at radius 3 is 2.89 bits per heavy atom. The van der Waals surface area contributed by atoms with E-state index in [1.54, 1.807) is 0 Å². The molecule has 1 fully saturated rings. The number of nitrogens with two attached hydrogens (primary N) is 2. The van der Waals surface area contributed by atoms with Crippen molar-refractivity contribution in [3.8, 4) is 0 Å². The number of amides is 1. The highest BCUT2D eigenvalue weighted by Crippen LogP contribution is 2.33. The lowest BCUT2D eigenvalue weighted by Gasteiger charge is -2.17. The topological polar surface area (TPSA) is 114 Å². The molecule has 1 aromatic heterocycles. The Bertz CT molecular complexity index is 435. The van der Waals surface area contributed by atoms with Gasteiger partial charge in [-0.25, -0.2) is 0 Å². The molecular formula is C11H18N4O2S. The summed E-state index contributed by atoms with van der Waals surface area (Å²) >= 11 is 1.15. The van der Waals surface area contributed by atoms with E-state index >= 15 is 0 Å². The van der Waals surface area contributed by atoms with E-state index in [0.717, 1.165) is 30.8 Å². The zero-order valence-electron chi connectivity index (χ0n) is 10.1. The first-order valence-corrected chi connectivity index (χ1v) is 6.80. The van der Waals surface area contributed by atoms with Gasteiger partial charge in [-0.05, 0) is 36.2 Å². The summed E-state index contributed by atoms with van der Waals surface area (Å²) in [4.78, 5) is 11.2. The van der Waals surface area contributed by atoms with Crippen molar-refractivity contribution >= 4 is 28.3 Å². The Morgan fingerprint density at radius 1 is 1.50 bits per heavy atom. The highest BCUT2D eigenvalue weighted by Gasteiger charge is 2.27. The minimum Gasteiger partial charge on any atom is -0.396 e. The van der Waals surface area contributed by atoms with Crippen LogP contribution in [0.2, 0.25) is 0 Å². The van der Waals surface area contributed by atoms with Crippen LogP contribution in [0.15, 0.2) is 0 Å². The molecule has 0 spiro atoms. The van der Waals surface area contributed by atoms with Gasteiger partial charge in [-0.15, -0.1) is 0 Å². The van der Waals surface area contributed by atoms with Crippen molar-refractivity contribution < 1.29 is 9.90 Å². The number of aliphatic hydroxyl groups is 1. The minimum absolute atomic E-state index is 0.181. The maximum absolute atomic E-state index is 11.2. The second-order valence-corrected chi connectivity index (χ2v) is 5.42. The van der Waals surface area contributed by atoms with Crippen LogP contribution in [0.5, 0.6) is 0 Å². The molecule has 6 N–H and O–H groups in total. The molecule has 1 aliphatic rings. The maximum Gasteiger partial charge on any atom is 0.255 e. The van der Waals surface area contributed by atoms with E-state index in [0.29, 0.717) is 23.4 Å². The van der Waals surface area contributed by atoms with Gasteiger partial charge in [-0.3, -0.25) is 4.79 Å². The molecule has 1 amide bonds. The predicted octanol–water partition coefficient (Wildman–Crippen LogP) is 0.645. The summed E-state index contributed by atoms with van der Waals surface area (Å²) in [5, 5.41) is 13.1. The molecule has 7 heteroatoms. The Morgan fingerprint density at radius 2 is 2.22 bits per heavy atom. The first-order chi connectivity index (χ1) is 8.63. The molecule has 2 atom stereocenters. The van der Waals surface area contributed by atoms with Crippen molar-refractivity contribution in [3.63, 3.8) is 0 Å². The second-order valence-electron chi connectivity index (χ2n) is 4.65. The summed E-state index contributed by atoms with van der Waals surface area (Å²) in [5.74, 6) is 0.396. The van der Waals surface area contributed by atoms with E-state index in [4.69, 9.17) is 11.5 Å². The third kappa shape index (κ3) is 2.56. The van der Waals surface area contributed by atoms with Crippen LogP contribution in [-0.2, 0) is 0 Å². The van der Waals surface area contributed by atoms with Gasteiger partial charge in [0.25, 0.3) is 5.91 Å². The van der Waals surface area contributed by atoms with E-state index in [1.165, 1.54) is 0 Å². The first-order valence-electron chi connectivity index (χ1n) is 6.03. The number of carbonyl (C=O) groups is 1. The summed E-state index contributed by atoms with van der Waals surface area (Å²) < 4.78 is 3.93. The summed E-state index contributed by atoms with van der Waals surface area (Å²) in [6.45, 7) is 0.937. The molecule has 1 saturated carbocycles. The van der Waals surface area contributed by atoms with Crippen molar-refractivity contribution in [2.45, 2.75) is 19.3 Å². The van der Waals surface area contributed by atoms with Crippen molar-refractivity contribution in [2.24, 2.45) is 17.6 Å². The summed E-state index contributed by atoms with van der Waals surface area (Å²) in [7, 11) is 0. The zero-order chi connectivity index (χ0) is 13.1. The van der Waals surface area contributed by atoms with Gasteiger partial charge in [0.15, 0.2) is 5.82 Å². The number of nitrogen functional groups attached to an aromatic ring is 1. The number of hydrogen-bond donors (Lipinski definition) is 4. The third-order valence-corrected chi connectivity index (χ3v) is 4.36. The monoisotopic (exact) mass is 270 g/mol. The zero-order valence-corrected chi connectivity index (χ0v) is 10.9. The van der Waals surface area contributed by atoms with E-state index in [-0.39, 0.29) is 18.0 Å². The van der Waals surface area contributed by atoms with Gasteiger partial charge < -0.3 is 21.9 Å². The maximum atomic E-state index is 11.2. The van der Waals surface area contributed by atoms with Gasteiger partial charge in [0.2, 0.25) is 0 Å². The van der Waals surface area contributed by atoms with E-state index < -0.39 is 5.91 Å². The van der Waals surface area contributed by atoms with E-state index in [9.17, 15) is 9.90 Å². The molecule has 0 bridgehead atoms. The van der Waals surface area contributed by atoms with Crippen LogP contribution in [0.3, 0.4) is 0 Å². The SMILES string of the molecule is NC(=O)c1c(N)nsc1NCC1CCCC1CO. The van der Waals surface area contributed by atoms with Crippen LogP contribution >= 0.6 is 11.5 Å². The number of carbonyl (C=O) groups excluding carboxylic acids is 1. The standard InChI is InChI=1S/C11H18N4O2S/c12-9-8(10(13)17)11(18-15-9)14-4-6-2-1-3-7(6)5-16/h6-7,14,16H,1-5H2,(H2,12,15)(H2,13,17). The average molecular weight is 270 g/mol. The van der Waals surface area contributed by atoms with Gasteiger partial charge in [-0.2, -0.15) is 4.37 Å². The predicted molar refractivity (Wildman–Crippen MR) is 71.5 cm³/mol. The Balaban J connectivity index is 2.00.